The molecule has 4 N–H and O–H groups in total. The number of unbranched alkanes of at least 4 members (excludes halogenated alkanes) is 2. The van der Waals surface area contributed by atoms with E-state index in [0.29, 0.717) is 29.2 Å². The number of anilines is 1. The van der Waals surface area contributed by atoms with Crippen molar-refractivity contribution >= 4 is 45.5 Å². The fourth-order valence-electron chi connectivity index (χ4n) is 2.91. The molecule has 0 aliphatic carbocycles. The Morgan fingerprint density at radius 1 is 1.17 bits per heavy atom. The van der Waals surface area contributed by atoms with Crippen molar-refractivity contribution in [3.63, 3.8) is 0 Å². The number of hydrogen-bond acceptors (Lipinski definition) is 5. The molecule has 29 heavy (non-hydrogen) atoms. The standard InChI is InChI=1S/C21H27N3O3S2/c1-4-6-7-12-27-15-10-8-14(9-11-15)19(26)23-21(28)24-20-17(18(22)25)16(5-2)13(3)29-20/h8-11H,4-7,12H2,1-3H3,(H2,22,25)(H2,23,24,26,28). The minimum atomic E-state index is -0.516. The number of ether oxygens (including phenoxy) is 1. The Bertz CT molecular complexity index is 876. The van der Waals surface area contributed by atoms with Crippen LogP contribution in [-0.2, 0) is 6.42 Å². The van der Waals surface area contributed by atoms with E-state index in [9.17, 15) is 9.59 Å². The lowest BCUT2D eigenvalue weighted by Crippen LogP contribution is -2.34. The molecular formula is C21H27N3O3S2. The molecule has 8 heteroatoms. The summed E-state index contributed by atoms with van der Waals surface area (Å²) in [5, 5.41) is 6.23. The zero-order valence-electron chi connectivity index (χ0n) is 17.0. The number of nitrogens with one attached hydrogen (secondary N) is 2. The number of thiophene rings is 1. The van der Waals surface area contributed by atoms with E-state index in [1.165, 1.54) is 11.3 Å². The van der Waals surface area contributed by atoms with Crippen molar-refractivity contribution in [2.75, 3.05) is 11.9 Å². The maximum atomic E-state index is 12.4. The molecule has 1 aromatic heterocycles. The Balaban J connectivity index is 1.97. The maximum Gasteiger partial charge on any atom is 0.257 e. The van der Waals surface area contributed by atoms with Crippen molar-refractivity contribution in [3.8, 4) is 5.75 Å². The summed E-state index contributed by atoms with van der Waals surface area (Å²) in [6.45, 7) is 6.69. The first kappa shape index (κ1) is 22.8. The van der Waals surface area contributed by atoms with Crippen LogP contribution in [0.5, 0.6) is 5.75 Å². The Morgan fingerprint density at radius 2 is 1.86 bits per heavy atom. The number of hydrogen-bond donors (Lipinski definition) is 3. The molecule has 0 atom stereocenters. The average Bonchev–Trinajstić information content (AvgIpc) is 3.00. The third-order valence-corrected chi connectivity index (χ3v) is 5.66. The number of thiocarbonyl (C=S) groups is 1. The van der Waals surface area contributed by atoms with E-state index in [4.69, 9.17) is 22.7 Å². The van der Waals surface area contributed by atoms with Gasteiger partial charge >= 0.3 is 0 Å². The van der Waals surface area contributed by atoms with E-state index in [1.807, 2.05) is 13.8 Å². The second kappa shape index (κ2) is 10.9. The number of carbonyl (C=O) groups excluding carboxylic acids is 2. The van der Waals surface area contributed by atoms with Crippen LogP contribution in [0, 0.1) is 6.92 Å². The summed E-state index contributed by atoms with van der Waals surface area (Å²) in [6.07, 6.45) is 3.97. The second-order valence-electron chi connectivity index (χ2n) is 6.55. The first-order valence-corrected chi connectivity index (χ1v) is 10.9. The first-order valence-electron chi connectivity index (χ1n) is 9.64. The van der Waals surface area contributed by atoms with Crippen LogP contribution < -0.4 is 21.1 Å². The molecule has 156 valence electrons. The molecule has 0 saturated carbocycles. The van der Waals surface area contributed by atoms with Crippen LogP contribution in [0.2, 0.25) is 0 Å². The fraction of sp³-hybridized carbons (Fsp3) is 0.381. The third kappa shape index (κ3) is 6.27. The van der Waals surface area contributed by atoms with Gasteiger partial charge in [-0.25, -0.2) is 0 Å². The summed E-state index contributed by atoms with van der Waals surface area (Å²) >= 11 is 6.63. The number of benzene rings is 1. The summed E-state index contributed by atoms with van der Waals surface area (Å²) < 4.78 is 5.65. The molecule has 2 rings (SSSR count). The lowest BCUT2D eigenvalue weighted by Gasteiger charge is -2.10. The van der Waals surface area contributed by atoms with Gasteiger partial charge in [-0.3, -0.25) is 14.9 Å². The minimum absolute atomic E-state index is 0.112. The van der Waals surface area contributed by atoms with Crippen LogP contribution in [0.4, 0.5) is 5.00 Å². The van der Waals surface area contributed by atoms with E-state index in [2.05, 4.69) is 17.6 Å². The van der Waals surface area contributed by atoms with E-state index >= 15 is 0 Å². The maximum absolute atomic E-state index is 12.4. The number of primary amides is 1. The monoisotopic (exact) mass is 433 g/mol. The normalized spacial score (nSPS) is 10.4. The van der Waals surface area contributed by atoms with Gasteiger partial charge in [-0.2, -0.15) is 0 Å². The Kier molecular flexibility index (Phi) is 8.60. The highest BCUT2D eigenvalue weighted by molar-refractivity contribution is 7.80. The van der Waals surface area contributed by atoms with Gasteiger partial charge in [0.05, 0.1) is 12.2 Å². The molecule has 1 heterocycles. The lowest BCUT2D eigenvalue weighted by atomic mass is 10.1. The van der Waals surface area contributed by atoms with Gasteiger partial charge < -0.3 is 15.8 Å². The van der Waals surface area contributed by atoms with Crippen LogP contribution in [0.1, 0.15) is 64.3 Å². The quantitative estimate of drug-likeness (QED) is 0.402. The van der Waals surface area contributed by atoms with Gasteiger partial charge in [0, 0.05) is 10.4 Å². The smallest absolute Gasteiger partial charge is 0.257 e. The van der Waals surface area contributed by atoms with Crippen molar-refractivity contribution in [2.45, 2.75) is 46.5 Å². The van der Waals surface area contributed by atoms with E-state index in [1.54, 1.807) is 24.3 Å². The van der Waals surface area contributed by atoms with E-state index in [0.717, 1.165) is 35.5 Å². The van der Waals surface area contributed by atoms with Crippen LogP contribution >= 0.6 is 23.6 Å². The molecule has 0 spiro atoms. The zero-order valence-corrected chi connectivity index (χ0v) is 18.6. The zero-order chi connectivity index (χ0) is 21.4. The molecule has 1 aromatic carbocycles. The van der Waals surface area contributed by atoms with Crippen molar-refractivity contribution < 1.29 is 14.3 Å². The van der Waals surface area contributed by atoms with Gasteiger partial charge in [0.2, 0.25) is 0 Å². The molecule has 0 aliphatic heterocycles. The summed E-state index contributed by atoms with van der Waals surface area (Å²) in [5.41, 5.74) is 7.31. The molecule has 0 bridgehead atoms. The van der Waals surface area contributed by atoms with E-state index < -0.39 is 5.91 Å². The highest BCUT2D eigenvalue weighted by atomic mass is 32.1. The van der Waals surface area contributed by atoms with Gasteiger partial charge in [-0.1, -0.05) is 26.7 Å². The summed E-state index contributed by atoms with van der Waals surface area (Å²) in [4.78, 5) is 25.3. The minimum Gasteiger partial charge on any atom is -0.494 e. The highest BCUT2D eigenvalue weighted by Gasteiger charge is 2.20. The summed E-state index contributed by atoms with van der Waals surface area (Å²) in [7, 11) is 0. The van der Waals surface area contributed by atoms with Gasteiger partial charge in [0.1, 0.15) is 10.8 Å². The molecule has 0 radical (unpaired) electrons. The summed E-state index contributed by atoms with van der Waals surface area (Å²) in [6, 6.07) is 6.90. The molecule has 2 amide bonds. The molecule has 6 nitrogen and oxygen atoms in total. The Morgan fingerprint density at radius 3 is 2.45 bits per heavy atom. The molecular weight excluding hydrogens is 406 g/mol. The summed E-state index contributed by atoms with van der Waals surface area (Å²) in [5.74, 6) is -0.132. The van der Waals surface area contributed by atoms with Gasteiger partial charge in [-0.05, 0) is 61.8 Å². The fourth-order valence-corrected chi connectivity index (χ4v) is 4.32. The van der Waals surface area contributed by atoms with Gasteiger partial charge in [0.25, 0.3) is 11.8 Å². The van der Waals surface area contributed by atoms with Crippen LogP contribution in [0.25, 0.3) is 0 Å². The number of rotatable bonds is 9. The third-order valence-electron chi connectivity index (χ3n) is 4.40. The Labute approximate surface area is 180 Å². The molecule has 2 aromatic rings. The predicted molar refractivity (Wildman–Crippen MR) is 122 cm³/mol. The average molecular weight is 434 g/mol. The van der Waals surface area contributed by atoms with Gasteiger partial charge in [-0.15, -0.1) is 11.3 Å². The van der Waals surface area contributed by atoms with Crippen molar-refractivity contribution in [1.29, 1.82) is 0 Å². The van der Waals surface area contributed by atoms with Crippen LogP contribution in [-0.4, -0.2) is 23.5 Å². The van der Waals surface area contributed by atoms with Crippen molar-refractivity contribution in [2.24, 2.45) is 5.73 Å². The molecule has 0 unspecified atom stereocenters. The molecule has 0 saturated heterocycles. The second-order valence-corrected chi connectivity index (χ2v) is 8.18. The molecule has 0 fully saturated rings. The highest BCUT2D eigenvalue weighted by Crippen LogP contribution is 2.33. The lowest BCUT2D eigenvalue weighted by molar-refractivity contribution is 0.0975. The van der Waals surface area contributed by atoms with Crippen LogP contribution in [0.15, 0.2) is 24.3 Å². The number of amides is 2. The number of aryl methyl sites for hydroxylation is 1. The number of nitrogens with two attached hydrogens (primary N) is 1. The van der Waals surface area contributed by atoms with Crippen molar-refractivity contribution in [1.82, 2.24) is 5.32 Å². The Hall–Kier alpha value is -2.45. The SMILES string of the molecule is CCCCCOc1ccc(C(=O)NC(=S)Nc2sc(C)c(CC)c2C(N)=O)cc1. The largest absolute Gasteiger partial charge is 0.494 e. The van der Waals surface area contributed by atoms with Crippen LogP contribution in [0.3, 0.4) is 0 Å². The van der Waals surface area contributed by atoms with Gasteiger partial charge in [0.15, 0.2) is 5.11 Å². The van der Waals surface area contributed by atoms with E-state index in [-0.39, 0.29) is 11.0 Å². The molecule has 0 aliphatic rings. The predicted octanol–water partition coefficient (Wildman–Crippen LogP) is 4.41. The van der Waals surface area contributed by atoms with Crippen molar-refractivity contribution in [3.05, 3.63) is 45.8 Å². The topological polar surface area (TPSA) is 93.4 Å². The first-order chi connectivity index (χ1) is 13.9. The number of carbonyl (C=O) groups is 2.